The molecule has 2 N–H and O–H groups in total. The molecule has 0 unspecified atom stereocenters. The van der Waals surface area contributed by atoms with Gasteiger partial charge >= 0.3 is 0 Å². The van der Waals surface area contributed by atoms with Crippen molar-refractivity contribution in [3.8, 4) is 5.75 Å². The first-order chi connectivity index (χ1) is 9.83. The smallest absolute Gasteiger partial charge is 0.186 e. The lowest BCUT2D eigenvalue weighted by atomic mass is 10.1. The fourth-order valence-electron chi connectivity index (χ4n) is 2.13. The molecule has 0 heterocycles. The predicted molar refractivity (Wildman–Crippen MR) is 84.2 cm³/mol. The van der Waals surface area contributed by atoms with Gasteiger partial charge < -0.3 is 10.5 Å². The Hall–Kier alpha value is -2.01. The van der Waals surface area contributed by atoms with Crippen molar-refractivity contribution < 1.29 is 13.2 Å². The number of rotatable bonds is 4. The molecule has 2 aromatic carbocycles. The Morgan fingerprint density at radius 2 is 1.76 bits per heavy atom. The van der Waals surface area contributed by atoms with E-state index in [2.05, 4.69) is 0 Å². The lowest BCUT2D eigenvalue weighted by Crippen LogP contribution is -2.07. The number of sulfone groups is 1. The first kappa shape index (κ1) is 15.4. The SMILES string of the molecule is COc1cc(N)ccc1S(=O)(=O)Cc1ccc(C)c(C)c1. The third-order valence-electron chi connectivity index (χ3n) is 3.45. The van der Waals surface area contributed by atoms with E-state index in [0.29, 0.717) is 5.69 Å². The van der Waals surface area contributed by atoms with E-state index >= 15 is 0 Å². The van der Waals surface area contributed by atoms with Crippen LogP contribution in [0.4, 0.5) is 5.69 Å². The number of benzene rings is 2. The van der Waals surface area contributed by atoms with Gasteiger partial charge in [0, 0.05) is 11.8 Å². The third-order valence-corrected chi connectivity index (χ3v) is 5.17. The molecule has 0 saturated heterocycles. The third kappa shape index (κ3) is 3.36. The standard InChI is InChI=1S/C16H19NO3S/c1-11-4-5-13(8-12(11)2)10-21(18,19)16-7-6-14(17)9-15(16)20-3/h4-9H,10,17H2,1-3H3. The van der Waals surface area contributed by atoms with Crippen molar-refractivity contribution in [2.75, 3.05) is 12.8 Å². The minimum Gasteiger partial charge on any atom is -0.495 e. The normalized spacial score (nSPS) is 11.4. The van der Waals surface area contributed by atoms with Crippen LogP contribution >= 0.6 is 0 Å². The molecule has 0 saturated carbocycles. The molecular formula is C16H19NO3S. The van der Waals surface area contributed by atoms with Crippen molar-refractivity contribution in [1.29, 1.82) is 0 Å². The Balaban J connectivity index is 2.40. The van der Waals surface area contributed by atoms with Crippen LogP contribution in [0.15, 0.2) is 41.3 Å². The van der Waals surface area contributed by atoms with E-state index in [1.807, 2.05) is 32.0 Å². The number of nitrogens with two attached hydrogens (primary N) is 1. The van der Waals surface area contributed by atoms with Crippen molar-refractivity contribution in [3.63, 3.8) is 0 Å². The number of aryl methyl sites for hydroxylation is 2. The van der Waals surface area contributed by atoms with Crippen LogP contribution in [0.1, 0.15) is 16.7 Å². The molecule has 0 radical (unpaired) electrons. The molecule has 21 heavy (non-hydrogen) atoms. The van der Waals surface area contributed by atoms with Gasteiger partial charge in [0.25, 0.3) is 0 Å². The maximum absolute atomic E-state index is 12.6. The van der Waals surface area contributed by atoms with Gasteiger partial charge in [-0.2, -0.15) is 0 Å². The summed E-state index contributed by atoms with van der Waals surface area (Å²) < 4.78 is 30.3. The molecule has 0 aromatic heterocycles. The maximum Gasteiger partial charge on any atom is 0.186 e. The molecule has 0 aliphatic heterocycles. The molecule has 5 heteroatoms. The van der Waals surface area contributed by atoms with E-state index in [0.717, 1.165) is 16.7 Å². The number of ether oxygens (including phenoxy) is 1. The Bertz CT molecular complexity index is 767. The fraction of sp³-hybridized carbons (Fsp3) is 0.250. The molecule has 0 bridgehead atoms. The number of hydrogen-bond acceptors (Lipinski definition) is 4. The zero-order valence-corrected chi connectivity index (χ0v) is 13.2. The van der Waals surface area contributed by atoms with Crippen molar-refractivity contribution in [3.05, 3.63) is 53.1 Å². The monoisotopic (exact) mass is 305 g/mol. The van der Waals surface area contributed by atoms with Crippen LogP contribution in [-0.2, 0) is 15.6 Å². The summed E-state index contributed by atoms with van der Waals surface area (Å²) in [5.74, 6) is 0.216. The number of methoxy groups -OCH3 is 1. The van der Waals surface area contributed by atoms with E-state index in [1.165, 1.54) is 19.2 Å². The van der Waals surface area contributed by atoms with E-state index < -0.39 is 9.84 Å². The highest BCUT2D eigenvalue weighted by atomic mass is 32.2. The Labute approximate surface area is 125 Å². The molecular weight excluding hydrogens is 286 g/mol. The zero-order chi connectivity index (χ0) is 15.6. The summed E-state index contributed by atoms with van der Waals surface area (Å²) in [6, 6.07) is 10.2. The van der Waals surface area contributed by atoms with Crippen LogP contribution in [-0.4, -0.2) is 15.5 Å². The predicted octanol–water partition coefficient (Wildman–Crippen LogP) is 2.87. The first-order valence-electron chi connectivity index (χ1n) is 6.56. The second kappa shape index (κ2) is 5.77. The average molecular weight is 305 g/mol. The molecule has 0 aliphatic rings. The van der Waals surface area contributed by atoms with Gasteiger partial charge in [-0.15, -0.1) is 0 Å². The van der Waals surface area contributed by atoms with Crippen molar-refractivity contribution >= 4 is 15.5 Å². The number of nitrogen functional groups attached to an aromatic ring is 1. The first-order valence-corrected chi connectivity index (χ1v) is 8.21. The quantitative estimate of drug-likeness (QED) is 0.882. The largest absolute Gasteiger partial charge is 0.495 e. The fourth-order valence-corrected chi connectivity index (χ4v) is 3.63. The van der Waals surface area contributed by atoms with Crippen LogP contribution < -0.4 is 10.5 Å². The highest BCUT2D eigenvalue weighted by Crippen LogP contribution is 2.29. The minimum absolute atomic E-state index is 0.0611. The summed E-state index contributed by atoms with van der Waals surface area (Å²) in [7, 11) is -2.05. The molecule has 0 spiro atoms. The maximum atomic E-state index is 12.6. The van der Waals surface area contributed by atoms with Gasteiger partial charge in [-0.05, 0) is 42.7 Å². The van der Waals surface area contributed by atoms with Gasteiger partial charge in [-0.1, -0.05) is 18.2 Å². The summed E-state index contributed by atoms with van der Waals surface area (Å²) >= 11 is 0. The molecule has 0 atom stereocenters. The van der Waals surface area contributed by atoms with Gasteiger partial charge in [0.1, 0.15) is 10.6 Å². The number of anilines is 1. The van der Waals surface area contributed by atoms with E-state index in [4.69, 9.17) is 10.5 Å². The highest BCUT2D eigenvalue weighted by molar-refractivity contribution is 7.90. The molecule has 2 rings (SSSR count). The topological polar surface area (TPSA) is 69.4 Å². The van der Waals surface area contributed by atoms with E-state index in [1.54, 1.807) is 6.07 Å². The molecule has 112 valence electrons. The van der Waals surface area contributed by atoms with E-state index in [9.17, 15) is 8.42 Å². The lowest BCUT2D eigenvalue weighted by Gasteiger charge is -2.11. The molecule has 0 fully saturated rings. The van der Waals surface area contributed by atoms with Crippen LogP contribution in [0.3, 0.4) is 0 Å². The Morgan fingerprint density at radius 1 is 1.05 bits per heavy atom. The zero-order valence-electron chi connectivity index (χ0n) is 12.4. The molecule has 4 nitrogen and oxygen atoms in total. The second-order valence-electron chi connectivity index (χ2n) is 5.09. The summed E-state index contributed by atoms with van der Waals surface area (Å²) in [6.07, 6.45) is 0. The lowest BCUT2D eigenvalue weighted by molar-refractivity contribution is 0.403. The molecule has 2 aromatic rings. The van der Waals surface area contributed by atoms with Gasteiger partial charge in [0.05, 0.1) is 12.9 Å². The van der Waals surface area contributed by atoms with Crippen LogP contribution in [0.5, 0.6) is 5.75 Å². The average Bonchev–Trinajstić information content (AvgIpc) is 2.42. The molecule has 0 amide bonds. The van der Waals surface area contributed by atoms with Crippen molar-refractivity contribution in [1.82, 2.24) is 0 Å². The summed E-state index contributed by atoms with van der Waals surface area (Å²) in [6.45, 7) is 3.96. The Morgan fingerprint density at radius 3 is 2.38 bits per heavy atom. The number of hydrogen-bond donors (Lipinski definition) is 1. The second-order valence-corrected chi connectivity index (χ2v) is 7.05. The van der Waals surface area contributed by atoms with Crippen LogP contribution in [0, 0.1) is 13.8 Å². The van der Waals surface area contributed by atoms with Crippen molar-refractivity contribution in [2.24, 2.45) is 0 Å². The van der Waals surface area contributed by atoms with Crippen LogP contribution in [0.2, 0.25) is 0 Å². The highest BCUT2D eigenvalue weighted by Gasteiger charge is 2.20. The van der Waals surface area contributed by atoms with Gasteiger partial charge in [-0.3, -0.25) is 0 Å². The van der Waals surface area contributed by atoms with Gasteiger partial charge in [-0.25, -0.2) is 8.42 Å². The summed E-state index contributed by atoms with van der Waals surface area (Å²) in [5, 5.41) is 0. The summed E-state index contributed by atoms with van der Waals surface area (Å²) in [4.78, 5) is 0.164. The van der Waals surface area contributed by atoms with E-state index in [-0.39, 0.29) is 16.4 Å². The minimum atomic E-state index is -3.48. The molecule has 0 aliphatic carbocycles. The van der Waals surface area contributed by atoms with Crippen molar-refractivity contribution in [2.45, 2.75) is 24.5 Å². The van der Waals surface area contributed by atoms with Gasteiger partial charge in [0.15, 0.2) is 9.84 Å². The van der Waals surface area contributed by atoms with Crippen LogP contribution in [0.25, 0.3) is 0 Å². The Kier molecular flexibility index (Phi) is 4.23. The summed E-state index contributed by atoms with van der Waals surface area (Å²) in [5.41, 5.74) is 9.11. The van der Waals surface area contributed by atoms with Gasteiger partial charge in [0.2, 0.25) is 0 Å².